The standard InChI is InChI=1S/C9H7BrO3/c10-7-8(11)5-3-1-2-4-6(5)13-9(7)12/h1-4,7,9,12H/t7-,9+/m1/s1. The quantitative estimate of drug-likeness (QED) is 0.699. The number of carbonyl (C=O) groups is 1. The molecule has 68 valence electrons. The molecule has 0 bridgehead atoms. The zero-order chi connectivity index (χ0) is 9.42. The Balaban J connectivity index is 2.49. The van der Waals surface area contributed by atoms with Gasteiger partial charge in [0.25, 0.3) is 0 Å². The predicted octanol–water partition coefficient (Wildman–Crippen LogP) is 1.34. The Hall–Kier alpha value is -0.870. The van der Waals surface area contributed by atoms with E-state index in [0.29, 0.717) is 11.3 Å². The van der Waals surface area contributed by atoms with Gasteiger partial charge in [0, 0.05) is 0 Å². The van der Waals surface area contributed by atoms with Crippen LogP contribution in [-0.4, -0.2) is 22.0 Å². The van der Waals surface area contributed by atoms with E-state index in [1.807, 2.05) is 0 Å². The maximum Gasteiger partial charge on any atom is 0.217 e. The number of alkyl halides is 1. The SMILES string of the molecule is O=C1c2ccccc2O[C@H](O)[C@@H]1Br. The molecule has 0 fully saturated rings. The summed E-state index contributed by atoms with van der Waals surface area (Å²) in [5.41, 5.74) is 0.509. The van der Waals surface area contributed by atoms with Gasteiger partial charge in [0.15, 0.2) is 5.78 Å². The Morgan fingerprint density at radius 3 is 2.85 bits per heavy atom. The summed E-state index contributed by atoms with van der Waals surface area (Å²) in [5.74, 6) is 0.296. The number of aliphatic hydroxyl groups excluding tert-OH is 1. The number of rotatable bonds is 0. The van der Waals surface area contributed by atoms with Crippen molar-refractivity contribution in [1.82, 2.24) is 0 Å². The molecule has 1 heterocycles. The Kier molecular flexibility index (Phi) is 2.09. The first kappa shape index (κ1) is 8.72. The van der Waals surface area contributed by atoms with E-state index in [1.54, 1.807) is 24.3 Å². The van der Waals surface area contributed by atoms with Gasteiger partial charge in [0.05, 0.1) is 5.56 Å². The molecule has 1 N–H and O–H groups in total. The molecule has 2 rings (SSSR count). The highest BCUT2D eigenvalue weighted by atomic mass is 79.9. The molecule has 0 unspecified atom stereocenters. The normalized spacial score (nSPS) is 26.5. The summed E-state index contributed by atoms with van der Waals surface area (Å²) in [5, 5.41) is 9.30. The summed E-state index contributed by atoms with van der Waals surface area (Å²) in [7, 11) is 0. The van der Waals surface area contributed by atoms with Gasteiger partial charge in [-0.3, -0.25) is 4.79 Å². The van der Waals surface area contributed by atoms with Crippen LogP contribution in [0.1, 0.15) is 10.4 Å². The number of para-hydroxylation sites is 1. The number of fused-ring (bicyclic) bond motifs is 1. The third-order valence-electron chi connectivity index (χ3n) is 1.90. The van der Waals surface area contributed by atoms with Gasteiger partial charge >= 0.3 is 0 Å². The molecule has 0 saturated heterocycles. The van der Waals surface area contributed by atoms with Gasteiger partial charge < -0.3 is 9.84 Å². The lowest BCUT2D eigenvalue weighted by atomic mass is 10.0. The first-order chi connectivity index (χ1) is 6.20. The number of halogens is 1. The number of aliphatic hydroxyl groups is 1. The maximum atomic E-state index is 11.5. The lowest BCUT2D eigenvalue weighted by Gasteiger charge is -2.24. The molecule has 2 atom stereocenters. The summed E-state index contributed by atoms with van der Waals surface area (Å²) in [6, 6.07) is 6.86. The van der Waals surface area contributed by atoms with E-state index < -0.39 is 11.1 Å². The van der Waals surface area contributed by atoms with Crippen LogP contribution in [-0.2, 0) is 0 Å². The van der Waals surface area contributed by atoms with E-state index >= 15 is 0 Å². The predicted molar refractivity (Wildman–Crippen MR) is 50.1 cm³/mol. The molecule has 1 aromatic carbocycles. The number of ether oxygens (including phenoxy) is 1. The van der Waals surface area contributed by atoms with Crippen molar-refractivity contribution in [2.45, 2.75) is 11.1 Å². The summed E-state index contributed by atoms with van der Waals surface area (Å²) >= 11 is 3.06. The van der Waals surface area contributed by atoms with Crippen molar-refractivity contribution in [3.05, 3.63) is 29.8 Å². The first-order valence-electron chi connectivity index (χ1n) is 3.82. The van der Waals surface area contributed by atoms with Crippen LogP contribution in [0, 0.1) is 0 Å². The number of ketones is 1. The van der Waals surface area contributed by atoms with E-state index in [4.69, 9.17) is 4.74 Å². The third kappa shape index (κ3) is 1.36. The summed E-state index contributed by atoms with van der Waals surface area (Å²) in [4.78, 5) is 10.9. The van der Waals surface area contributed by atoms with Crippen LogP contribution < -0.4 is 4.74 Å². The second-order valence-corrected chi connectivity index (χ2v) is 3.76. The van der Waals surface area contributed by atoms with E-state index in [0.717, 1.165) is 0 Å². The average Bonchev–Trinajstić information content (AvgIpc) is 2.15. The molecule has 0 amide bonds. The molecular formula is C9H7BrO3. The molecule has 0 aliphatic carbocycles. The minimum atomic E-state index is -1.10. The van der Waals surface area contributed by atoms with Crippen LogP contribution in [0.4, 0.5) is 0 Å². The van der Waals surface area contributed by atoms with Crippen LogP contribution in [0.3, 0.4) is 0 Å². The third-order valence-corrected chi connectivity index (χ3v) is 2.77. The lowest BCUT2D eigenvalue weighted by Crippen LogP contribution is -2.38. The van der Waals surface area contributed by atoms with Gasteiger partial charge in [0.2, 0.25) is 6.29 Å². The number of carbonyl (C=O) groups excluding carboxylic acids is 1. The molecule has 4 heteroatoms. The van der Waals surface area contributed by atoms with Crippen molar-refractivity contribution in [3.63, 3.8) is 0 Å². The molecule has 1 aliphatic heterocycles. The molecule has 0 radical (unpaired) electrons. The smallest absolute Gasteiger partial charge is 0.217 e. The molecule has 0 aromatic heterocycles. The highest BCUT2D eigenvalue weighted by Gasteiger charge is 2.33. The highest BCUT2D eigenvalue weighted by molar-refractivity contribution is 9.10. The fourth-order valence-corrected chi connectivity index (χ4v) is 1.60. The topological polar surface area (TPSA) is 46.5 Å². The van der Waals surface area contributed by atoms with Gasteiger partial charge in [0.1, 0.15) is 10.6 Å². The van der Waals surface area contributed by atoms with E-state index in [1.165, 1.54) is 0 Å². The van der Waals surface area contributed by atoms with Crippen molar-refractivity contribution in [2.75, 3.05) is 0 Å². The molecule has 13 heavy (non-hydrogen) atoms. The lowest BCUT2D eigenvalue weighted by molar-refractivity contribution is -0.0188. The van der Waals surface area contributed by atoms with Gasteiger partial charge in [-0.2, -0.15) is 0 Å². The van der Waals surface area contributed by atoms with Crippen molar-refractivity contribution >= 4 is 21.7 Å². The second-order valence-electron chi connectivity index (χ2n) is 2.77. The largest absolute Gasteiger partial charge is 0.463 e. The maximum absolute atomic E-state index is 11.5. The van der Waals surface area contributed by atoms with Gasteiger partial charge in [-0.15, -0.1) is 0 Å². The van der Waals surface area contributed by atoms with E-state index in [9.17, 15) is 9.90 Å². The average molecular weight is 243 g/mol. The van der Waals surface area contributed by atoms with Crippen molar-refractivity contribution in [3.8, 4) is 5.75 Å². The summed E-state index contributed by atoms with van der Waals surface area (Å²) < 4.78 is 5.10. The molecular weight excluding hydrogens is 236 g/mol. The van der Waals surface area contributed by atoms with Gasteiger partial charge in [-0.1, -0.05) is 28.1 Å². The zero-order valence-corrected chi connectivity index (χ0v) is 8.19. The Labute approximate surface area is 83.5 Å². The van der Waals surface area contributed by atoms with Crippen LogP contribution in [0.15, 0.2) is 24.3 Å². The molecule has 0 spiro atoms. The van der Waals surface area contributed by atoms with Crippen LogP contribution >= 0.6 is 15.9 Å². The van der Waals surface area contributed by atoms with Crippen molar-refractivity contribution in [1.29, 1.82) is 0 Å². The first-order valence-corrected chi connectivity index (χ1v) is 4.74. The Morgan fingerprint density at radius 2 is 2.08 bits per heavy atom. The molecule has 1 aliphatic rings. The monoisotopic (exact) mass is 242 g/mol. The summed E-state index contributed by atoms with van der Waals surface area (Å²) in [6.45, 7) is 0. The van der Waals surface area contributed by atoms with E-state index in [-0.39, 0.29) is 5.78 Å². The second kappa shape index (κ2) is 3.12. The minimum Gasteiger partial charge on any atom is -0.463 e. The van der Waals surface area contributed by atoms with Crippen LogP contribution in [0.25, 0.3) is 0 Å². The number of hydrogen-bond donors (Lipinski definition) is 1. The number of hydrogen-bond acceptors (Lipinski definition) is 3. The van der Waals surface area contributed by atoms with Crippen LogP contribution in [0.2, 0.25) is 0 Å². The van der Waals surface area contributed by atoms with Gasteiger partial charge in [-0.05, 0) is 12.1 Å². The van der Waals surface area contributed by atoms with E-state index in [2.05, 4.69) is 15.9 Å². The zero-order valence-electron chi connectivity index (χ0n) is 6.61. The van der Waals surface area contributed by atoms with Gasteiger partial charge in [-0.25, -0.2) is 0 Å². The fourth-order valence-electron chi connectivity index (χ4n) is 1.24. The molecule has 1 aromatic rings. The molecule has 3 nitrogen and oxygen atoms in total. The molecule has 0 saturated carbocycles. The summed E-state index contributed by atoms with van der Waals surface area (Å²) in [6.07, 6.45) is -1.10. The van der Waals surface area contributed by atoms with Crippen molar-refractivity contribution < 1.29 is 14.6 Å². The van der Waals surface area contributed by atoms with Crippen molar-refractivity contribution in [2.24, 2.45) is 0 Å². The number of benzene rings is 1. The number of Topliss-reactive ketones (excluding diaryl/α,β-unsaturated/α-hetero) is 1. The fraction of sp³-hybridized carbons (Fsp3) is 0.222. The Bertz CT molecular complexity index is 350. The Morgan fingerprint density at radius 1 is 1.38 bits per heavy atom. The van der Waals surface area contributed by atoms with Crippen LogP contribution in [0.5, 0.6) is 5.75 Å². The highest BCUT2D eigenvalue weighted by Crippen LogP contribution is 2.29. The minimum absolute atomic E-state index is 0.144.